The first-order valence-corrected chi connectivity index (χ1v) is 10.7. The number of aromatic nitrogens is 3. The molecule has 3 aromatic rings. The SMILES string of the molecule is CNc1cc(NC2=CC=CN(c3cccc(F)c3)C2O)nc2c(C(=O)NCC(C)CO)cnn12. The molecule has 2 atom stereocenters. The van der Waals surface area contributed by atoms with Crippen LogP contribution in [0.15, 0.2) is 60.6 Å². The summed E-state index contributed by atoms with van der Waals surface area (Å²) in [6.07, 6.45) is 5.36. The number of fused-ring (bicyclic) bond motifs is 1. The molecule has 0 bridgehead atoms. The number of allylic oxidation sites excluding steroid dienone is 2. The lowest BCUT2D eigenvalue weighted by molar-refractivity contribution is 0.0943. The molecular formula is C23H26FN7O3. The lowest BCUT2D eigenvalue weighted by atomic mass is 10.2. The topological polar surface area (TPSA) is 127 Å². The molecule has 0 saturated carbocycles. The van der Waals surface area contributed by atoms with Crippen LogP contribution in [0.3, 0.4) is 0 Å². The van der Waals surface area contributed by atoms with Gasteiger partial charge in [-0.25, -0.2) is 9.37 Å². The zero-order valence-corrected chi connectivity index (χ0v) is 18.7. The van der Waals surface area contributed by atoms with Gasteiger partial charge in [-0.2, -0.15) is 9.61 Å². The Morgan fingerprint density at radius 1 is 1.32 bits per heavy atom. The van der Waals surface area contributed by atoms with Crippen molar-refractivity contribution in [2.45, 2.75) is 13.2 Å². The normalized spacial score (nSPS) is 16.3. The second kappa shape index (κ2) is 9.89. The van der Waals surface area contributed by atoms with E-state index >= 15 is 0 Å². The van der Waals surface area contributed by atoms with Crippen LogP contribution in [-0.2, 0) is 0 Å². The molecular weight excluding hydrogens is 441 g/mol. The predicted octanol–water partition coefficient (Wildman–Crippen LogP) is 1.92. The molecule has 0 fully saturated rings. The Morgan fingerprint density at radius 2 is 2.15 bits per heavy atom. The van der Waals surface area contributed by atoms with E-state index in [9.17, 15) is 19.4 Å². The van der Waals surface area contributed by atoms with Gasteiger partial charge in [-0.15, -0.1) is 0 Å². The molecule has 4 rings (SSSR count). The van der Waals surface area contributed by atoms with Crippen molar-refractivity contribution in [2.24, 2.45) is 5.92 Å². The molecule has 0 saturated heterocycles. The highest BCUT2D eigenvalue weighted by molar-refractivity contribution is 6.00. The first-order valence-electron chi connectivity index (χ1n) is 10.7. The molecule has 1 aromatic carbocycles. The fourth-order valence-corrected chi connectivity index (χ4v) is 3.47. The second-order valence-corrected chi connectivity index (χ2v) is 7.92. The van der Waals surface area contributed by atoms with E-state index in [1.54, 1.807) is 43.6 Å². The van der Waals surface area contributed by atoms with Crippen molar-refractivity contribution in [1.29, 1.82) is 0 Å². The number of anilines is 3. The van der Waals surface area contributed by atoms with Gasteiger partial charge >= 0.3 is 0 Å². The highest BCUT2D eigenvalue weighted by Gasteiger charge is 2.23. The zero-order chi connectivity index (χ0) is 24.2. The van der Waals surface area contributed by atoms with E-state index in [0.29, 0.717) is 35.2 Å². The lowest BCUT2D eigenvalue weighted by Gasteiger charge is -2.31. The van der Waals surface area contributed by atoms with Crippen molar-refractivity contribution < 1.29 is 19.4 Å². The number of nitrogens with one attached hydrogen (secondary N) is 3. The van der Waals surface area contributed by atoms with E-state index < -0.39 is 12.0 Å². The molecule has 0 aliphatic carbocycles. The lowest BCUT2D eigenvalue weighted by Crippen LogP contribution is -2.36. The number of aliphatic hydroxyl groups excluding tert-OH is 2. The summed E-state index contributed by atoms with van der Waals surface area (Å²) in [6.45, 7) is 2.09. The number of amides is 1. The van der Waals surface area contributed by atoms with E-state index in [-0.39, 0.29) is 24.0 Å². The molecule has 34 heavy (non-hydrogen) atoms. The Labute approximate surface area is 195 Å². The van der Waals surface area contributed by atoms with Crippen molar-refractivity contribution in [3.05, 3.63) is 72.0 Å². The van der Waals surface area contributed by atoms with Gasteiger partial charge in [0.25, 0.3) is 5.91 Å². The number of carbonyl (C=O) groups is 1. The number of benzene rings is 1. The van der Waals surface area contributed by atoms with Crippen LogP contribution < -0.4 is 20.9 Å². The summed E-state index contributed by atoms with van der Waals surface area (Å²) in [6, 6.07) is 7.61. The van der Waals surface area contributed by atoms with E-state index in [2.05, 4.69) is 26.0 Å². The van der Waals surface area contributed by atoms with Crippen LogP contribution >= 0.6 is 0 Å². The minimum absolute atomic E-state index is 0.0379. The monoisotopic (exact) mass is 467 g/mol. The molecule has 1 aliphatic heterocycles. The summed E-state index contributed by atoms with van der Waals surface area (Å²) >= 11 is 0. The number of hydrogen-bond acceptors (Lipinski definition) is 8. The molecule has 1 amide bonds. The number of nitrogens with zero attached hydrogens (tertiary/aromatic N) is 4. The van der Waals surface area contributed by atoms with Gasteiger partial charge in [-0.3, -0.25) is 4.79 Å². The highest BCUT2D eigenvalue weighted by Crippen LogP contribution is 2.26. The summed E-state index contributed by atoms with van der Waals surface area (Å²) in [7, 11) is 1.71. The Kier molecular flexibility index (Phi) is 6.75. The second-order valence-electron chi connectivity index (χ2n) is 7.92. The average molecular weight is 468 g/mol. The summed E-state index contributed by atoms with van der Waals surface area (Å²) in [4.78, 5) is 18.7. The van der Waals surface area contributed by atoms with Crippen LogP contribution in [0.1, 0.15) is 17.3 Å². The standard InChI is InChI=1S/C23H26FN7O3/c1-14(13-32)11-26-22(33)17-12-27-31-20(25-2)10-19(29-21(17)31)28-18-7-4-8-30(23(18)34)16-6-3-5-15(24)9-16/h3-10,12,14,23,25,32,34H,11,13H2,1-2H3,(H,26,33)(H,28,29). The Balaban J connectivity index is 1.61. The van der Waals surface area contributed by atoms with Gasteiger partial charge < -0.3 is 31.1 Å². The number of halogens is 1. The molecule has 5 N–H and O–H groups in total. The molecule has 1 aliphatic rings. The van der Waals surface area contributed by atoms with Crippen molar-refractivity contribution in [1.82, 2.24) is 19.9 Å². The number of hydrogen-bond donors (Lipinski definition) is 5. The van der Waals surface area contributed by atoms with Gasteiger partial charge in [0, 0.05) is 38.2 Å². The number of rotatable bonds is 8. The van der Waals surface area contributed by atoms with Gasteiger partial charge in [0.05, 0.1) is 11.9 Å². The van der Waals surface area contributed by atoms with E-state index in [1.165, 1.54) is 27.7 Å². The Bertz CT molecular complexity index is 1260. The van der Waals surface area contributed by atoms with Crippen LogP contribution in [0.25, 0.3) is 5.65 Å². The van der Waals surface area contributed by atoms with Crippen LogP contribution in [-0.4, -0.2) is 57.1 Å². The zero-order valence-electron chi connectivity index (χ0n) is 18.7. The van der Waals surface area contributed by atoms with Crippen LogP contribution in [0.4, 0.5) is 21.7 Å². The third-order valence-electron chi connectivity index (χ3n) is 5.34. The molecule has 178 valence electrons. The number of carbonyl (C=O) groups excluding carboxylic acids is 1. The summed E-state index contributed by atoms with van der Waals surface area (Å²) < 4.78 is 15.2. The summed E-state index contributed by atoms with van der Waals surface area (Å²) in [5, 5.41) is 33.2. The van der Waals surface area contributed by atoms with Crippen LogP contribution in [0, 0.1) is 11.7 Å². The van der Waals surface area contributed by atoms with Gasteiger partial charge in [-0.1, -0.05) is 13.0 Å². The van der Waals surface area contributed by atoms with Gasteiger partial charge in [-0.05, 0) is 36.3 Å². The molecule has 2 unspecified atom stereocenters. The van der Waals surface area contributed by atoms with E-state index in [4.69, 9.17) is 0 Å². The maximum absolute atomic E-state index is 13.7. The molecule has 2 aromatic heterocycles. The quantitative estimate of drug-likeness (QED) is 0.340. The maximum Gasteiger partial charge on any atom is 0.256 e. The minimum atomic E-state index is -1.12. The first-order chi connectivity index (χ1) is 16.4. The summed E-state index contributed by atoms with van der Waals surface area (Å²) in [5.74, 6) is 0.0817. The number of aliphatic hydroxyl groups is 2. The fraction of sp³-hybridized carbons (Fsp3) is 0.261. The first kappa shape index (κ1) is 23.2. The van der Waals surface area contributed by atoms with Crippen LogP contribution in [0.5, 0.6) is 0 Å². The van der Waals surface area contributed by atoms with E-state index in [1.807, 2.05) is 6.92 Å². The summed E-state index contributed by atoms with van der Waals surface area (Å²) in [5.41, 5.74) is 1.48. The van der Waals surface area contributed by atoms with Crippen molar-refractivity contribution >= 4 is 28.9 Å². The van der Waals surface area contributed by atoms with Gasteiger partial charge in [0.1, 0.15) is 23.0 Å². The van der Waals surface area contributed by atoms with Crippen molar-refractivity contribution in [2.75, 3.05) is 35.7 Å². The molecule has 10 nitrogen and oxygen atoms in total. The van der Waals surface area contributed by atoms with Crippen molar-refractivity contribution in [3.8, 4) is 0 Å². The Hall–Kier alpha value is -3.96. The Morgan fingerprint density at radius 3 is 2.88 bits per heavy atom. The fourth-order valence-electron chi connectivity index (χ4n) is 3.47. The average Bonchev–Trinajstić information content (AvgIpc) is 3.27. The van der Waals surface area contributed by atoms with Gasteiger partial charge in [0.2, 0.25) is 0 Å². The minimum Gasteiger partial charge on any atom is -0.396 e. The maximum atomic E-state index is 13.7. The predicted molar refractivity (Wildman–Crippen MR) is 127 cm³/mol. The van der Waals surface area contributed by atoms with Gasteiger partial charge in [0.15, 0.2) is 11.9 Å². The molecule has 3 heterocycles. The van der Waals surface area contributed by atoms with Crippen molar-refractivity contribution in [3.63, 3.8) is 0 Å². The highest BCUT2D eigenvalue weighted by atomic mass is 19.1. The molecule has 0 spiro atoms. The molecule has 0 radical (unpaired) electrons. The third kappa shape index (κ3) is 4.70. The van der Waals surface area contributed by atoms with E-state index in [0.717, 1.165) is 0 Å². The smallest absolute Gasteiger partial charge is 0.256 e. The molecule has 11 heteroatoms. The van der Waals surface area contributed by atoms with Crippen LogP contribution in [0.2, 0.25) is 0 Å². The third-order valence-corrected chi connectivity index (χ3v) is 5.34. The largest absolute Gasteiger partial charge is 0.396 e.